The maximum absolute atomic E-state index is 4.58. The van der Waals surface area contributed by atoms with Gasteiger partial charge in [0.1, 0.15) is 5.82 Å². The van der Waals surface area contributed by atoms with Crippen LogP contribution in [0.15, 0.2) is 53.3 Å². The van der Waals surface area contributed by atoms with E-state index in [0.29, 0.717) is 5.95 Å². The second-order valence-electron chi connectivity index (χ2n) is 6.06. The van der Waals surface area contributed by atoms with E-state index >= 15 is 0 Å². The van der Waals surface area contributed by atoms with Crippen LogP contribution in [0.2, 0.25) is 0 Å². The predicted molar refractivity (Wildman–Crippen MR) is 108 cm³/mol. The van der Waals surface area contributed by atoms with Crippen LogP contribution in [-0.2, 0) is 12.8 Å². The summed E-state index contributed by atoms with van der Waals surface area (Å²) in [6.45, 7) is 1.74. The van der Waals surface area contributed by atoms with Gasteiger partial charge in [-0.3, -0.25) is 4.98 Å². The third-order valence-corrected chi connectivity index (χ3v) is 4.80. The van der Waals surface area contributed by atoms with Crippen molar-refractivity contribution in [1.29, 1.82) is 0 Å². The minimum absolute atomic E-state index is 0.569. The lowest BCUT2D eigenvalue weighted by Crippen LogP contribution is -2.09. The monoisotopic (exact) mass is 410 g/mol. The summed E-state index contributed by atoms with van der Waals surface area (Å²) >= 11 is 3.50. The fourth-order valence-electron chi connectivity index (χ4n) is 2.92. The number of rotatable bonds is 6. The fourth-order valence-corrected chi connectivity index (χ4v) is 3.25. The van der Waals surface area contributed by atoms with E-state index in [1.54, 1.807) is 6.20 Å². The molecular formula is C19H19BrN6. The van der Waals surface area contributed by atoms with Crippen molar-refractivity contribution in [2.45, 2.75) is 12.8 Å². The molecule has 0 unspecified atom stereocenters. The first-order valence-electron chi connectivity index (χ1n) is 8.58. The quantitative estimate of drug-likeness (QED) is 0.570. The number of hydrogen-bond acceptors (Lipinski definition) is 6. The molecule has 6 nitrogen and oxygen atoms in total. The van der Waals surface area contributed by atoms with Gasteiger partial charge < -0.3 is 16.0 Å². The highest BCUT2D eigenvalue weighted by Crippen LogP contribution is 2.27. The average molecular weight is 411 g/mol. The normalized spacial score (nSPS) is 12.3. The Morgan fingerprint density at radius 2 is 2.12 bits per heavy atom. The number of nitrogens with one attached hydrogen (secondary N) is 3. The molecule has 7 heteroatoms. The van der Waals surface area contributed by atoms with Gasteiger partial charge in [0.15, 0.2) is 0 Å². The molecule has 0 aliphatic carbocycles. The van der Waals surface area contributed by atoms with Crippen LogP contribution in [0.25, 0.3) is 0 Å². The van der Waals surface area contributed by atoms with Gasteiger partial charge in [-0.1, -0.05) is 6.07 Å². The second kappa shape index (κ2) is 7.70. The Morgan fingerprint density at radius 3 is 3.00 bits per heavy atom. The summed E-state index contributed by atoms with van der Waals surface area (Å²) in [6.07, 6.45) is 5.45. The van der Waals surface area contributed by atoms with Gasteiger partial charge in [-0.05, 0) is 58.2 Å². The number of hydrogen-bond donors (Lipinski definition) is 3. The van der Waals surface area contributed by atoms with E-state index in [1.807, 2.05) is 30.5 Å². The largest absolute Gasteiger partial charge is 0.384 e. The van der Waals surface area contributed by atoms with Crippen molar-refractivity contribution in [3.63, 3.8) is 0 Å². The number of benzene rings is 1. The number of pyridine rings is 1. The first-order valence-corrected chi connectivity index (χ1v) is 9.37. The molecule has 1 aliphatic rings. The lowest BCUT2D eigenvalue weighted by atomic mass is 10.1. The lowest BCUT2D eigenvalue weighted by Gasteiger charge is -2.11. The Bertz CT molecular complexity index is 900. The average Bonchev–Trinajstić information content (AvgIpc) is 3.13. The molecule has 3 heterocycles. The van der Waals surface area contributed by atoms with Crippen LogP contribution in [-0.4, -0.2) is 28.0 Å². The zero-order valence-corrected chi connectivity index (χ0v) is 15.8. The number of anilines is 4. The molecule has 1 aromatic carbocycles. The molecule has 0 amide bonds. The SMILES string of the molecule is Brc1cnc(Nc2ccc3c(c2)CCN3)nc1NCCc1ccccn1. The highest BCUT2D eigenvalue weighted by molar-refractivity contribution is 9.10. The summed E-state index contributed by atoms with van der Waals surface area (Å²) in [6, 6.07) is 12.2. The highest BCUT2D eigenvalue weighted by Gasteiger charge is 2.11. The summed E-state index contributed by atoms with van der Waals surface area (Å²) in [5, 5.41) is 9.99. The van der Waals surface area contributed by atoms with Gasteiger partial charge in [0.2, 0.25) is 5.95 Å². The van der Waals surface area contributed by atoms with Crippen molar-refractivity contribution >= 4 is 39.1 Å². The van der Waals surface area contributed by atoms with Gasteiger partial charge in [-0.15, -0.1) is 0 Å². The Balaban J connectivity index is 1.42. The lowest BCUT2D eigenvalue weighted by molar-refractivity contribution is 0.949. The molecule has 0 saturated heterocycles. The summed E-state index contributed by atoms with van der Waals surface area (Å²) in [4.78, 5) is 13.3. The molecule has 132 valence electrons. The Hall–Kier alpha value is -2.67. The van der Waals surface area contributed by atoms with Crippen LogP contribution >= 0.6 is 15.9 Å². The zero-order valence-electron chi connectivity index (χ0n) is 14.2. The minimum Gasteiger partial charge on any atom is -0.384 e. The molecule has 0 atom stereocenters. The molecule has 3 aromatic rings. The molecule has 0 bridgehead atoms. The highest BCUT2D eigenvalue weighted by atomic mass is 79.9. The topological polar surface area (TPSA) is 74.8 Å². The summed E-state index contributed by atoms with van der Waals surface area (Å²) in [5.74, 6) is 1.33. The molecule has 1 aliphatic heterocycles. The molecule has 0 radical (unpaired) electrons. The maximum Gasteiger partial charge on any atom is 0.229 e. The predicted octanol–water partition coefficient (Wildman–Crippen LogP) is 4.00. The first-order chi connectivity index (χ1) is 12.8. The van der Waals surface area contributed by atoms with Crippen LogP contribution in [0.3, 0.4) is 0 Å². The van der Waals surface area contributed by atoms with Crippen molar-refractivity contribution < 1.29 is 0 Å². The number of aromatic nitrogens is 3. The number of nitrogens with zero attached hydrogens (tertiary/aromatic N) is 3. The van der Waals surface area contributed by atoms with E-state index in [-0.39, 0.29) is 0 Å². The van der Waals surface area contributed by atoms with Crippen molar-refractivity contribution in [1.82, 2.24) is 15.0 Å². The van der Waals surface area contributed by atoms with Crippen LogP contribution < -0.4 is 16.0 Å². The van der Waals surface area contributed by atoms with Crippen LogP contribution in [0.1, 0.15) is 11.3 Å². The smallest absolute Gasteiger partial charge is 0.229 e. The summed E-state index contributed by atoms with van der Waals surface area (Å²) < 4.78 is 0.835. The van der Waals surface area contributed by atoms with Gasteiger partial charge in [0, 0.05) is 49.0 Å². The van der Waals surface area contributed by atoms with E-state index in [9.17, 15) is 0 Å². The van der Waals surface area contributed by atoms with Crippen LogP contribution in [0.4, 0.5) is 23.1 Å². The van der Waals surface area contributed by atoms with Crippen molar-refractivity contribution in [3.8, 4) is 0 Å². The second-order valence-corrected chi connectivity index (χ2v) is 6.92. The van der Waals surface area contributed by atoms with E-state index < -0.39 is 0 Å². The molecular weight excluding hydrogens is 392 g/mol. The van der Waals surface area contributed by atoms with E-state index in [1.165, 1.54) is 11.3 Å². The Kier molecular flexibility index (Phi) is 4.97. The van der Waals surface area contributed by atoms with Gasteiger partial charge in [0.25, 0.3) is 0 Å². The fraction of sp³-hybridized carbons (Fsp3) is 0.211. The third kappa shape index (κ3) is 3.94. The third-order valence-electron chi connectivity index (χ3n) is 4.22. The van der Waals surface area contributed by atoms with Gasteiger partial charge in [0.05, 0.1) is 4.47 Å². The van der Waals surface area contributed by atoms with Crippen molar-refractivity contribution in [3.05, 3.63) is 64.5 Å². The van der Waals surface area contributed by atoms with Crippen molar-refractivity contribution in [2.24, 2.45) is 0 Å². The zero-order chi connectivity index (χ0) is 17.8. The summed E-state index contributed by atoms with van der Waals surface area (Å²) in [5.41, 5.74) is 4.58. The van der Waals surface area contributed by atoms with E-state index in [2.05, 4.69) is 59.0 Å². The molecule has 3 N–H and O–H groups in total. The molecule has 0 spiro atoms. The van der Waals surface area contributed by atoms with Crippen molar-refractivity contribution in [2.75, 3.05) is 29.0 Å². The van der Waals surface area contributed by atoms with Crippen LogP contribution in [0, 0.1) is 0 Å². The van der Waals surface area contributed by atoms with Gasteiger partial charge in [-0.2, -0.15) is 4.98 Å². The first kappa shape index (κ1) is 16.8. The van der Waals surface area contributed by atoms with E-state index in [4.69, 9.17) is 0 Å². The summed E-state index contributed by atoms with van der Waals surface area (Å²) in [7, 11) is 0. The van der Waals surface area contributed by atoms with Gasteiger partial charge >= 0.3 is 0 Å². The van der Waals surface area contributed by atoms with Gasteiger partial charge in [-0.25, -0.2) is 4.98 Å². The van der Waals surface area contributed by atoms with Crippen LogP contribution in [0.5, 0.6) is 0 Å². The number of halogens is 1. The minimum atomic E-state index is 0.569. The molecule has 2 aromatic heterocycles. The Labute approximate surface area is 160 Å². The molecule has 0 fully saturated rings. The molecule has 0 saturated carbocycles. The number of fused-ring (bicyclic) bond motifs is 1. The van der Waals surface area contributed by atoms with E-state index in [0.717, 1.165) is 47.6 Å². The molecule has 4 rings (SSSR count). The Morgan fingerprint density at radius 1 is 1.15 bits per heavy atom. The maximum atomic E-state index is 4.58. The standard InChI is InChI=1S/C19H19BrN6/c20-16-12-24-19(25-15-4-5-17-13(11-15)6-9-22-17)26-18(16)23-10-7-14-3-1-2-8-21-14/h1-5,8,11-12,22H,6-7,9-10H2,(H2,23,24,25,26). The molecule has 26 heavy (non-hydrogen) atoms.